The van der Waals surface area contributed by atoms with Crippen molar-refractivity contribution in [1.82, 2.24) is 10.6 Å². The summed E-state index contributed by atoms with van der Waals surface area (Å²) in [5.41, 5.74) is 0. The fourth-order valence-corrected chi connectivity index (χ4v) is 2.11. The van der Waals surface area contributed by atoms with E-state index in [2.05, 4.69) is 31.4 Å². The quantitative estimate of drug-likeness (QED) is 0.639. The van der Waals surface area contributed by atoms with Crippen LogP contribution in [0.15, 0.2) is 0 Å². The lowest BCUT2D eigenvalue weighted by Gasteiger charge is -2.31. The van der Waals surface area contributed by atoms with Gasteiger partial charge in [-0.3, -0.25) is 0 Å². The Labute approximate surface area is 93.6 Å². The van der Waals surface area contributed by atoms with Crippen molar-refractivity contribution in [2.24, 2.45) is 11.8 Å². The smallest absolute Gasteiger partial charge is 0.0817 e. The summed E-state index contributed by atoms with van der Waals surface area (Å²) in [5.74, 6) is 1.39. The van der Waals surface area contributed by atoms with Gasteiger partial charge in [0.25, 0.3) is 0 Å². The van der Waals surface area contributed by atoms with E-state index in [-0.39, 0.29) is 12.1 Å². The topological polar surface area (TPSA) is 44.3 Å². The highest BCUT2D eigenvalue weighted by Crippen LogP contribution is 2.16. The summed E-state index contributed by atoms with van der Waals surface area (Å²) in [6.45, 7) is 9.37. The molecular weight excluding hydrogens is 188 g/mol. The van der Waals surface area contributed by atoms with Gasteiger partial charge in [0, 0.05) is 12.6 Å². The molecule has 0 aromatic heterocycles. The zero-order valence-electron chi connectivity index (χ0n) is 10.3. The van der Waals surface area contributed by atoms with Crippen LogP contribution in [0.1, 0.15) is 33.6 Å². The number of aliphatic hydroxyl groups excluding tert-OH is 1. The van der Waals surface area contributed by atoms with Gasteiger partial charge in [0.15, 0.2) is 0 Å². The molecule has 15 heavy (non-hydrogen) atoms. The number of rotatable bonds is 5. The van der Waals surface area contributed by atoms with Crippen molar-refractivity contribution in [2.45, 2.75) is 45.8 Å². The first kappa shape index (κ1) is 12.9. The molecule has 1 aliphatic heterocycles. The zero-order chi connectivity index (χ0) is 11.3. The van der Waals surface area contributed by atoms with Gasteiger partial charge in [-0.1, -0.05) is 20.8 Å². The van der Waals surface area contributed by atoms with Crippen molar-refractivity contribution in [3.63, 3.8) is 0 Å². The Bertz CT molecular complexity index is 173. The second-order valence-electron chi connectivity index (χ2n) is 5.31. The second kappa shape index (κ2) is 6.46. The molecule has 3 heteroatoms. The third-order valence-corrected chi connectivity index (χ3v) is 3.07. The van der Waals surface area contributed by atoms with E-state index in [1.807, 2.05) is 0 Å². The molecule has 0 amide bonds. The molecule has 1 rings (SSSR count). The van der Waals surface area contributed by atoms with Crippen molar-refractivity contribution in [2.75, 3.05) is 19.6 Å². The Morgan fingerprint density at radius 2 is 2.13 bits per heavy atom. The van der Waals surface area contributed by atoms with Gasteiger partial charge in [-0.15, -0.1) is 0 Å². The Balaban J connectivity index is 2.17. The molecule has 3 N–H and O–H groups in total. The lowest BCUT2D eigenvalue weighted by Crippen LogP contribution is -2.49. The second-order valence-corrected chi connectivity index (χ2v) is 5.31. The lowest BCUT2D eigenvalue weighted by molar-refractivity contribution is 0.0993. The van der Waals surface area contributed by atoms with Gasteiger partial charge in [-0.25, -0.2) is 0 Å². The maximum atomic E-state index is 9.98. The predicted molar refractivity (Wildman–Crippen MR) is 63.9 cm³/mol. The molecule has 3 unspecified atom stereocenters. The summed E-state index contributed by atoms with van der Waals surface area (Å²) in [6, 6.07) is 0.286. The molecule has 0 saturated carbocycles. The Hall–Kier alpha value is -0.120. The highest BCUT2D eigenvalue weighted by molar-refractivity contribution is 4.83. The van der Waals surface area contributed by atoms with Crippen molar-refractivity contribution in [3.8, 4) is 0 Å². The highest BCUT2D eigenvalue weighted by Gasteiger charge is 2.24. The van der Waals surface area contributed by atoms with E-state index < -0.39 is 0 Å². The number of hydrogen-bond donors (Lipinski definition) is 3. The monoisotopic (exact) mass is 214 g/mol. The first-order valence-corrected chi connectivity index (χ1v) is 6.21. The summed E-state index contributed by atoms with van der Waals surface area (Å²) >= 11 is 0. The van der Waals surface area contributed by atoms with Crippen LogP contribution in [0.2, 0.25) is 0 Å². The third kappa shape index (κ3) is 4.96. The van der Waals surface area contributed by atoms with E-state index in [4.69, 9.17) is 0 Å². The minimum absolute atomic E-state index is 0.244. The van der Waals surface area contributed by atoms with Crippen LogP contribution in [-0.2, 0) is 0 Å². The highest BCUT2D eigenvalue weighted by atomic mass is 16.3. The SMILES string of the molecule is CC(C)CNCC(O)C1CC(C)CCN1. The summed E-state index contributed by atoms with van der Waals surface area (Å²) < 4.78 is 0. The van der Waals surface area contributed by atoms with Crippen LogP contribution >= 0.6 is 0 Å². The third-order valence-electron chi connectivity index (χ3n) is 3.07. The molecule has 0 spiro atoms. The molecule has 3 atom stereocenters. The average Bonchev–Trinajstić information content (AvgIpc) is 2.17. The van der Waals surface area contributed by atoms with Gasteiger partial charge in [0.2, 0.25) is 0 Å². The minimum Gasteiger partial charge on any atom is -0.390 e. The molecule has 1 fully saturated rings. The lowest BCUT2D eigenvalue weighted by atomic mass is 9.91. The minimum atomic E-state index is -0.244. The molecule has 1 aliphatic rings. The van der Waals surface area contributed by atoms with Gasteiger partial charge in [0.1, 0.15) is 0 Å². The molecular formula is C12H26N2O. The molecule has 90 valence electrons. The van der Waals surface area contributed by atoms with Crippen LogP contribution < -0.4 is 10.6 Å². The van der Waals surface area contributed by atoms with Crippen molar-refractivity contribution >= 4 is 0 Å². The largest absolute Gasteiger partial charge is 0.390 e. The summed E-state index contributed by atoms with van der Waals surface area (Å²) in [5, 5.41) is 16.7. The predicted octanol–water partition coefficient (Wildman–Crippen LogP) is 0.981. The summed E-state index contributed by atoms with van der Waals surface area (Å²) in [7, 11) is 0. The zero-order valence-corrected chi connectivity index (χ0v) is 10.3. The maximum Gasteiger partial charge on any atom is 0.0817 e. The summed E-state index contributed by atoms with van der Waals surface area (Å²) in [6.07, 6.45) is 2.10. The van der Waals surface area contributed by atoms with Crippen LogP contribution in [0.3, 0.4) is 0 Å². The molecule has 1 heterocycles. The van der Waals surface area contributed by atoms with Crippen LogP contribution in [0.25, 0.3) is 0 Å². The van der Waals surface area contributed by atoms with Crippen molar-refractivity contribution in [1.29, 1.82) is 0 Å². The van der Waals surface area contributed by atoms with Gasteiger partial charge < -0.3 is 15.7 Å². The van der Waals surface area contributed by atoms with E-state index in [1.165, 1.54) is 6.42 Å². The standard InChI is InChI=1S/C12H26N2O/c1-9(2)7-13-8-12(15)11-6-10(3)4-5-14-11/h9-15H,4-8H2,1-3H3. The van der Waals surface area contributed by atoms with E-state index in [9.17, 15) is 5.11 Å². The molecule has 0 aliphatic carbocycles. The van der Waals surface area contributed by atoms with Gasteiger partial charge in [-0.05, 0) is 37.8 Å². The van der Waals surface area contributed by atoms with E-state index in [0.717, 1.165) is 25.4 Å². The molecule has 0 aromatic carbocycles. The van der Waals surface area contributed by atoms with Gasteiger partial charge in [-0.2, -0.15) is 0 Å². The first-order chi connectivity index (χ1) is 7.09. The normalized spacial score (nSPS) is 29.4. The molecule has 0 bridgehead atoms. The maximum absolute atomic E-state index is 9.98. The number of aliphatic hydroxyl groups is 1. The van der Waals surface area contributed by atoms with Crippen LogP contribution in [0, 0.1) is 11.8 Å². The Kier molecular flexibility index (Phi) is 5.58. The van der Waals surface area contributed by atoms with Crippen LogP contribution in [0.4, 0.5) is 0 Å². The molecule has 0 aromatic rings. The first-order valence-electron chi connectivity index (χ1n) is 6.21. The Morgan fingerprint density at radius 1 is 1.40 bits per heavy atom. The molecule has 0 radical (unpaired) electrons. The van der Waals surface area contributed by atoms with Crippen molar-refractivity contribution in [3.05, 3.63) is 0 Å². The average molecular weight is 214 g/mol. The number of piperidine rings is 1. The summed E-state index contributed by atoms with van der Waals surface area (Å²) in [4.78, 5) is 0. The fourth-order valence-electron chi connectivity index (χ4n) is 2.11. The van der Waals surface area contributed by atoms with Gasteiger partial charge in [0.05, 0.1) is 6.10 Å². The number of hydrogen-bond acceptors (Lipinski definition) is 3. The van der Waals surface area contributed by atoms with Crippen LogP contribution in [-0.4, -0.2) is 36.9 Å². The Morgan fingerprint density at radius 3 is 2.73 bits per heavy atom. The van der Waals surface area contributed by atoms with E-state index in [1.54, 1.807) is 0 Å². The van der Waals surface area contributed by atoms with Crippen molar-refractivity contribution < 1.29 is 5.11 Å². The van der Waals surface area contributed by atoms with E-state index >= 15 is 0 Å². The van der Waals surface area contributed by atoms with Crippen LogP contribution in [0.5, 0.6) is 0 Å². The fraction of sp³-hybridized carbons (Fsp3) is 1.00. The van der Waals surface area contributed by atoms with Gasteiger partial charge >= 0.3 is 0 Å². The van der Waals surface area contributed by atoms with E-state index in [0.29, 0.717) is 12.5 Å². The molecule has 1 saturated heterocycles. The molecule has 3 nitrogen and oxygen atoms in total. The number of nitrogens with one attached hydrogen (secondary N) is 2.